The molecule has 1 fully saturated rings. The Kier molecular flexibility index (Phi) is 4.14. The standard InChI is InChI=1S/C12H24N2O/c1-5-11(12(13)15)14-7-8(2)6-9(3)10(14)4/h8-11H,5-7H2,1-4H3,(H2,13,15). The van der Waals surface area contributed by atoms with Crippen molar-refractivity contribution in [3.05, 3.63) is 0 Å². The molecule has 3 heteroatoms. The van der Waals surface area contributed by atoms with Crippen molar-refractivity contribution in [1.29, 1.82) is 0 Å². The number of hydrogen-bond donors (Lipinski definition) is 1. The average molecular weight is 212 g/mol. The van der Waals surface area contributed by atoms with Gasteiger partial charge in [-0.3, -0.25) is 9.69 Å². The summed E-state index contributed by atoms with van der Waals surface area (Å²) in [6, 6.07) is 0.392. The van der Waals surface area contributed by atoms with E-state index in [1.54, 1.807) is 0 Å². The Bertz CT molecular complexity index is 230. The van der Waals surface area contributed by atoms with Crippen molar-refractivity contribution in [2.24, 2.45) is 17.6 Å². The second-order valence-corrected chi connectivity index (χ2v) is 5.08. The molecular formula is C12H24N2O. The minimum atomic E-state index is -0.175. The van der Waals surface area contributed by atoms with Gasteiger partial charge >= 0.3 is 0 Å². The van der Waals surface area contributed by atoms with E-state index in [1.807, 2.05) is 6.92 Å². The van der Waals surface area contributed by atoms with Gasteiger partial charge in [0, 0.05) is 12.6 Å². The molecule has 1 amide bonds. The molecular weight excluding hydrogens is 188 g/mol. The highest BCUT2D eigenvalue weighted by Crippen LogP contribution is 2.29. The van der Waals surface area contributed by atoms with Crippen LogP contribution in [-0.4, -0.2) is 29.4 Å². The quantitative estimate of drug-likeness (QED) is 0.772. The summed E-state index contributed by atoms with van der Waals surface area (Å²) >= 11 is 0. The maximum Gasteiger partial charge on any atom is 0.234 e. The number of carbonyl (C=O) groups excluding carboxylic acids is 1. The van der Waals surface area contributed by atoms with Gasteiger partial charge in [0.25, 0.3) is 0 Å². The molecule has 1 heterocycles. The van der Waals surface area contributed by atoms with Crippen LogP contribution < -0.4 is 5.73 Å². The van der Waals surface area contributed by atoms with Crippen LogP contribution in [-0.2, 0) is 4.79 Å². The highest BCUT2D eigenvalue weighted by Gasteiger charge is 2.34. The molecule has 1 aliphatic rings. The second kappa shape index (κ2) is 4.97. The highest BCUT2D eigenvalue weighted by molar-refractivity contribution is 5.79. The van der Waals surface area contributed by atoms with Gasteiger partial charge in [-0.05, 0) is 31.6 Å². The second-order valence-electron chi connectivity index (χ2n) is 5.08. The van der Waals surface area contributed by atoms with E-state index in [0.29, 0.717) is 17.9 Å². The van der Waals surface area contributed by atoms with Crippen LogP contribution >= 0.6 is 0 Å². The van der Waals surface area contributed by atoms with E-state index in [4.69, 9.17) is 5.73 Å². The number of likely N-dealkylation sites (tertiary alicyclic amines) is 1. The van der Waals surface area contributed by atoms with E-state index >= 15 is 0 Å². The Balaban J connectivity index is 2.76. The lowest BCUT2D eigenvalue weighted by Gasteiger charge is -2.44. The number of amides is 1. The molecule has 3 nitrogen and oxygen atoms in total. The monoisotopic (exact) mass is 212 g/mol. The molecule has 15 heavy (non-hydrogen) atoms. The minimum Gasteiger partial charge on any atom is -0.368 e. The first-order chi connectivity index (χ1) is 6.97. The van der Waals surface area contributed by atoms with Crippen molar-refractivity contribution in [2.75, 3.05) is 6.54 Å². The maximum absolute atomic E-state index is 11.4. The van der Waals surface area contributed by atoms with Gasteiger partial charge in [0.1, 0.15) is 0 Å². The molecule has 0 saturated carbocycles. The lowest BCUT2D eigenvalue weighted by atomic mass is 9.84. The number of carbonyl (C=O) groups is 1. The lowest BCUT2D eigenvalue weighted by Crippen LogP contribution is -2.54. The van der Waals surface area contributed by atoms with E-state index in [1.165, 1.54) is 6.42 Å². The van der Waals surface area contributed by atoms with E-state index < -0.39 is 0 Å². The Morgan fingerprint density at radius 2 is 2.07 bits per heavy atom. The molecule has 2 N–H and O–H groups in total. The summed E-state index contributed by atoms with van der Waals surface area (Å²) in [5, 5.41) is 0. The summed E-state index contributed by atoms with van der Waals surface area (Å²) in [7, 11) is 0. The number of primary amides is 1. The molecule has 0 aliphatic carbocycles. The summed E-state index contributed by atoms with van der Waals surface area (Å²) in [4.78, 5) is 13.7. The van der Waals surface area contributed by atoms with Crippen LogP contribution in [0.5, 0.6) is 0 Å². The van der Waals surface area contributed by atoms with Crippen LogP contribution in [0.3, 0.4) is 0 Å². The molecule has 0 aromatic heterocycles. The first kappa shape index (κ1) is 12.5. The highest BCUT2D eigenvalue weighted by atomic mass is 16.1. The van der Waals surface area contributed by atoms with E-state index in [-0.39, 0.29) is 11.9 Å². The van der Waals surface area contributed by atoms with Crippen LogP contribution in [0.4, 0.5) is 0 Å². The average Bonchev–Trinajstić information content (AvgIpc) is 2.13. The normalized spacial score (nSPS) is 35.1. The van der Waals surface area contributed by atoms with Crippen LogP contribution in [0, 0.1) is 11.8 Å². The van der Waals surface area contributed by atoms with Gasteiger partial charge in [0.15, 0.2) is 0 Å². The number of hydrogen-bond acceptors (Lipinski definition) is 2. The molecule has 1 rings (SSSR count). The molecule has 0 aromatic carbocycles. The number of nitrogens with two attached hydrogens (primary N) is 1. The van der Waals surface area contributed by atoms with Gasteiger partial charge in [-0.2, -0.15) is 0 Å². The van der Waals surface area contributed by atoms with E-state index in [2.05, 4.69) is 25.7 Å². The molecule has 1 aliphatic heterocycles. The zero-order chi connectivity index (χ0) is 11.6. The molecule has 0 radical (unpaired) electrons. The third-order valence-electron chi connectivity index (χ3n) is 3.76. The Morgan fingerprint density at radius 3 is 2.53 bits per heavy atom. The van der Waals surface area contributed by atoms with Crippen LogP contribution in [0.2, 0.25) is 0 Å². The van der Waals surface area contributed by atoms with Crippen molar-refractivity contribution < 1.29 is 4.79 Å². The molecule has 0 aromatic rings. The molecule has 0 bridgehead atoms. The number of piperidine rings is 1. The first-order valence-corrected chi connectivity index (χ1v) is 6.02. The third kappa shape index (κ3) is 2.71. The van der Waals surface area contributed by atoms with Crippen molar-refractivity contribution in [3.8, 4) is 0 Å². The van der Waals surface area contributed by atoms with Crippen molar-refractivity contribution in [3.63, 3.8) is 0 Å². The smallest absolute Gasteiger partial charge is 0.234 e. The van der Waals surface area contributed by atoms with E-state index in [9.17, 15) is 4.79 Å². The van der Waals surface area contributed by atoms with Gasteiger partial charge in [-0.1, -0.05) is 20.8 Å². The number of nitrogens with zero attached hydrogens (tertiary/aromatic N) is 1. The lowest BCUT2D eigenvalue weighted by molar-refractivity contribution is -0.126. The molecule has 4 atom stereocenters. The van der Waals surface area contributed by atoms with Gasteiger partial charge in [0.05, 0.1) is 6.04 Å². The predicted octanol–water partition coefficient (Wildman–Crippen LogP) is 1.62. The molecule has 88 valence electrons. The SMILES string of the molecule is CCC(C(N)=O)N1CC(C)CC(C)C1C. The van der Waals surface area contributed by atoms with Crippen LogP contribution in [0.25, 0.3) is 0 Å². The summed E-state index contributed by atoms with van der Waals surface area (Å²) in [5.41, 5.74) is 5.45. The van der Waals surface area contributed by atoms with E-state index in [0.717, 1.165) is 13.0 Å². The van der Waals surface area contributed by atoms with Gasteiger partial charge in [0.2, 0.25) is 5.91 Å². The fourth-order valence-electron chi connectivity index (χ4n) is 2.77. The Hall–Kier alpha value is -0.570. The van der Waals surface area contributed by atoms with Gasteiger partial charge in [-0.25, -0.2) is 0 Å². The fourth-order valence-corrected chi connectivity index (χ4v) is 2.77. The summed E-state index contributed by atoms with van der Waals surface area (Å²) < 4.78 is 0. The Morgan fingerprint density at radius 1 is 1.47 bits per heavy atom. The largest absolute Gasteiger partial charge is 0.368 e. The van der Waals surface area contributed by atoms with Gasteiger partial charge < -0.3 is 5.73 Å². The first-order valence-electron chi connectivity index (χ1n) is 6.02. The Labute approximate surface area is 93.0 Å². The van der Waals surface area contributed by atoms with Crippen molar-refractivity contribution in [1.82, 2.24) is 4.90 Å². The third-order valence-corrected chi connectivity index (χ3v) is 3.76. The van der Waals surface area contributed by atoms with Crippen LogP contribution in [0.15, 0.2) is 0 Å². The predicted molar refractivity (Wildman–Crippen MR) is 62.4 cm³/mol. The molecule has 1 saturated heterocycles. The molecule has 0 spiro atoms. The zero-order valence-electron chi connectivity index (χ0n) is 10.4. The van der Waals surface area contributed by atoms with Crippen LogP contribution in [0.1, 0.15) is 40.5 Å². The maximum atomic E-state index is 11.4. The fraction of sp³-hybridized carbons (Fsp3) is 0.917. The zero-order valence-corrected chi connectivity index (χ0v) is 10.4. The van der Waals surface area contributed by atoms with Crippen molar-refractivity contribution >= 4 is 5.91 Å². The minimum absolute atomic E-state index is 0.0785. The summed E-state index contributed by atoms with van der Waals surface area (Å²) in [6.45, 7) is 9.77. The van der Waals surface area contributed by atoms with Crippen molar-refractivity contribution in [2.45, 2.75) is 52.6 Å². The summed E-state index contributed by atoms with van der Waals surface area (Å²) in [6.07, 6.45) is 2.08. The number of rotatable bonds is 3. The summed E-state index contributed by atoms with van der Waals surface area (Å²) in [5.74, 6) is 1.15. The van der Waals surface area contributed by atoms with Gasteiger partial charge in [-0.15, -0.1) is 0 Å². The molecule has 4 unspecified atom stereocenters. The topological polar surface area (TPSA) is 46.3 Å².